The summed E-state index contributed by atoms with van der Waals surface area (Å²) in [6, 6.07) is 0. The molecule has 0 heterocycles. The van der Waals surface area contributed by atoms with E-state index < -0.39 is 9.28 Å². The average Bonchev–Trinajstić information content (AvgIpc) is 2.17. The predicted molar refractivity (Wildman–Crippen MR) is 55.8 cm³/mol. The Morgan fingerprint density at radius 1 is 1.21 bits per heavy atom. The van der Waals surface area contributed by atoms with Crippen LogP contribution in [0.2, 0.25) is 0 Å². The SMILES string of the molecule is CCCC(OC#N)[SiH](OCC)OCC. The van der Waals surface area contributed by atoms with E-state index in [2.05, 4.69) is 6.92 Å². The van der Waals surface area contributed by atoms with E-state index in [0.29, 0.717) is 13.2 Å². The van der Waals surface area contributed by atoms with Crippen molar-refractivity contribution >= 4 is 9.28 Å². The first-order valence-electron chi connectivity index (χ1n) is 5.08. The molecule has 0 saturated carbocycles. The Morgan fingerprint density at radius 3 is 2.14 bits per heavy atom. The van der Waals surface area contributed by atoms with Crippen molar-refractivity contribution in [3.8, 4) is 6.26 Å². The number of rotatable bonds is 8. The maximum absolute atomic E-state index is 8.49. The smallest absolute Gasteiger partial charge is 0.364 e. The zero-order chi connectivity index (χ0) is 10.8. The highest BCUT2D eigenvalue weighted by molar-refractivity contribution is 6.46. The van der Waals surface area contributed by atoms with Crippen LogP contribution in [-0.4, -0.2) is 28.2 Å². The highest BCUT2D eigenvalue weighted by atomic mass is 28.3. The van der Waals surface area contributed by atoms with Crippen molar-refractivity contribution in [2.24, 2.45) is 0 Å². The first-order valence-corrected chi connectivity index (χ1v) is 6.68. The summed E-state index contributed by atoms with van der Waals surface area (Å²) in [5.74, 6) is 0. The van der Waals surface area contributed by atoms with E-state index in [1.54, 1.807) is 6.26 Å². The highest BCUT2D eigenvalue weighted by Gasteiger charge is 2.26. The molecule has 14 heavy (non-hydrogen) atoms. The fraction of sp³-hybridized carbons (Fsp3) is 0.889. The fourth-order valence-corrected chi connectivity index (χ4v) is 3.15. The summed E-state index contributed by atoms with van der Waals surface area (Å²) in [5, 5.41) is 8.49. The first-order chi connectivity index (χ1) is 6.79. The third-order valence-corrected chi connectivity index (χ3v) is 4.14. The van der Waals surface area contributed by atoms with Crippen molar-refractivity contribution in [3.63, 3.8) is 0 Å². The van der Waals surface area contributed by atoms with Gasteiger partial charge in [0.15, 0.2) is 5.73 Å². The maximum atomic E-state index is 8.49. The lowest BCUT2D eigenvalue weighted by Crippen LogP contribution is -2.38. The standard InChI is InChI=1S/C9H19NO3Si/c1-4-7-9(11-8-10)14(12-5-2)13-6-3/h9,14H,4-7H2,1-3H3. The Balaban J connectivity index is 4.14. The van der Waals surface area contributed by atoms with Crippen LogP contribution in [-0.2, 0) is 13.6 Å². The van der Waals surface area contributed by atoms with Gasteiger partial charge in [-0.25, -0.2) is 0 Å². The van der Waals surface area contributed by atoms with Crippen LogP contribution in [0.3, 0.4) is 0 Å². The molecule has 0 saturated heterocycles. The van der Waals surface area contributed by atoms with E-state index in [0.717, 1.165) is 12.8 Å². The van der Waals surface area contributed by atoms with Gasteiger partial charge in [0.2, 0.25) is 0 Å². The van der Waals surface area contributed by atoms with Gasteiger partial charge in [-0.15, -0.1) is 0 Å². The Hall–Kier alpha value is -0.573. The molecule has 82 valence electrons. The second-order valence-corrected chi connectivity index (χ2v) is 4.96. The van der Waals surface area contributed by atoms with Crippen molar-refractivity contribution in [2.75, 3.05) is 13.2 Å². The minimum Gasteiger partial charge on any atom is -0.423 e. The Morgan fingerprint density at radius 2 is 1.79 bits per heavy atom. The van der Waals surface area contributed by atoms with Crippen LogP contribution in [0, 0.1) is 11.5 Å². The van der Waals surface area contributed by atoms with Crippen LogP contribution in [0.25, 0.3) is 0 Å². The van der Waals surface area contributed by atoms with Gasteiger partial charge < -0.3 is 13.6 Å². The Labute approximate surface area is 87.6 Å². The predicted octanol–water partition coefficient (Wildman–Crippen LogP) is 1.49. The molecule has 0 aliphatic carbocycles. The average molecular weight is 217 g/mol. The van der Waals surface area contributed by atoms with Crippen LogP contribution < -0.4 is 0 Å². The minimum absolute atomic E-state index is 0.148. The second kappa shape index (κ2) is 9.00. The lowest BCUT2D eigenvalue weighted by molar-refractivity contribution is 0.126. The molecule has 0 aliphatic rings. The van der Waals surface area contributed by atoms with Crippen molar-refractivity contribution in [3.05, 3.63) is 0 Å². The van der Waals surface area contributed by atoms with Crippen LogP contribution in [0.15, 0.2) is 0 Å². The lowest BCUT2D eigenvalue weighted by atomic mass is 10.4. The molecule has 1 atom stereocenters. The van der Waals surface area contributed by atoms with Gasteiger partial charge in [-0.2, -0.15) is 5.26 Å². The molecular formula is C9H19NO3Si. The molecule has 0 radical (unpaired) electrons. The summed E-state index contributed by atoms with van der Waals surface area (Å²) in [6.45, 7) is 7.14. The molecule has 0 amide bonds. The molecule has 0 aliphatic heterocycles. The third kappa shape index (κ3) is 5.22. The minimum atomic E-state index is -1.83. The van der Waals surface area contributed by atoms with Gasteiger partial charge in [0.05, 0.1) is 0 Å². The van der Waals surface area contributed by atoms with Gasteiger partial charge in [0, 0.05) is 13.2 Å². The van der Waals surface area contributed by atoms with Gasteiger partial charge in [0.1, 0.15) is 0 Å². The molecule has 0 spiro atoms. The molecular weight excluding hydrogens is 198 g/mol. The number of hydrogen-bond donors (Lipinski definition) is 0. The summed E-state index contributed by atoms with van der Waals surface area (Å²) in [4.78, 5) is 0. The lowest BCUT2D eigenvalue weighted by Gasteiger charge is -2.21. The summed E-state index contributed by atoms with van der Waals surface area (Å²) in [6.07, 6.45) is 3.52. The van der Waals surface area contributed by atoms with Gasteiger partial charge in [-0.1, -0.05) is 13.3 Å². The molecule has 4 nitrogen and oxygen atoms in total. The van der Waals surface area contributed by atoms with E-state index in [4.69, 9.17) is 18.9 Å². The third-order valence-electron chi connectivity index (χ3n) is 1.74. The zero-order valence-corrected chi connectivity index (χ0v) is 10.3. The topological polar surface area (TPSA) is 51.5 Å². The zero-order valence-electron chi connectivity index (χ0n) is 9.16. The van der Waals surface area contributed by atoms with E-state index in [1.165, 1.54) is 0 Å². The number of nitriles is 1. The number of nitrogens with zero attached hydrogens (tertiary/aromatic N) is 1. The molecule has 0 bridgehead atoms. The number of ether oxygens (including phenoxy) is 1. The summed E-state index contributed by atoms with van der Waals surface area (Å²) in [7, 11) is -1.83. The monoisotopic (exact) mass is 217 g/mol. The normalized spacial score (nSPS) is 12.5. The Kier molecular flexibility index (Phi) is 8.63. The molecule has 0 rings (SSSR count). The van der Waals surface area contributed by atoms with E-state index in [-0.39, 0.29) is 5.73 Å². The van der Waals surface area contributed by atoms with Crippen LogP contribution in [0.1, 0.15) is 33.6 Å². The van der Waals surface area contributed by atoms with Crippen molar-refractivity contribution < 1.29 is 13.6 Å². The Bertz CT molecular complexity index is 166. The van der Waals surface area contributed by atoms with Crippen molar-refractivity contribution in [1.29, 1.82) is 5.26 Å². The van der Waals surface area contributed by atoms with Crippen molar-refractivity contribution in [1.82, 2.24) is 0 Å². The fourth-order valence-electron chi connectivity index (χ4n) is 1.19. The van der Waals surface area contributed by atoms with Gasteiger partial charge in [0.25, 0.3) is 6.26 Å². The summed E-state index contributed by atoms with van der Waals surface area (Å²) >= 11 is 0. The van der Waals surface area contributed by atoms with Crippen LogP contribution in [0.4, 0.5) is 0 Å². The van der Waals surface area contributed by atoms with Crippen LogP contribution in [0.5, 0.6) is 0 Å². The molecule has 1 unspecified atom stereocenters. The highest BCUT2D eigenvalue weighted by Crippen LogP contribution is 2.08. The molecule has 0 aromatic heterocycles. The summed E-state index contributed by atoms with van der Waals surface area (Å²) < 4.78 is 15.9. The first kappa shape index (κ1) is 13.4. The van der Waals surface area contributed by atoms with Crippen molar-refractivity contribution in [2.45, 2.75) is 39.3 Å². The van der Waals surface area contributed by atoms with Gasteiger partial charge >= 0.3 is 9.28 Å². The maximum Gasteiger partial charge on any atom is 0.364 e. The van der Waals surface area contributed by atoms with Crippen LogP contribution >= 0.6 is 0 Å². The van der Waals surface area contributed by atoms with Gasteiger partial charge in [-0.05, 0) is 20.3 Å². The van der Waals surface area contributed by atoms with E-state index >= 15 is 0 Å². The quantitative estimate of drug-likeness (QED) is 0.456. The molecule has 0 aromatic rings. The molecule has 0 fully saturated rings. The second-order valence-electron chi connectivity index (χ2n) is 2.82. The van der Waals surface area contributed by atoms with Gasteiger partial charge in [-0.3, -0.25) is 0 Å². The largest absolute Gasteiger partial charge is 0.423 e. The summed E-state index contributed by atoms with van der Waals surface area (Å²) in [5.41, 5.74) is -0.148. The van der Waals surface area contributed by atoms with E-state index in [9.17, 15) is 0 Å². The van der Waals surface area contributed by atoms with E-state index in [1.807, 2.05) is 13.8 Å². The molecule has 0 aromatic carbocycles. The molecule has 5 heteroatoms. The number of hydrogen-bond acceptors (Lipinski definition) is 4. The molecule has 0 N–H and O–H groups in total.